The molecule has 0 unspecified atom stereocenters. The highest BCUT2D eigenvalue weighted by atomic mass is 35.5. The van der Waals surface area contributed by atoms with Crippen molar-refractivity contribution in [1.82, 2.24) is 19.2 Å². The minimum absolute atomic E-state index is 0.0861. The first kappa shape index (κ1) is 19.7. The molecule has 0 atom stereocenters. The lowest BCUT2D eigenvalue weighted by molar-refractivity contribution is 0.0710. The molecule has 8 heteroatoms. The largest absolute Gasteiger partial charge is 0.350 e. The number of benzene rings is 2. The molecule has 1 aliphatic rings. The first-order chi connectivity index (χ1) is 14.0. The van der Waals surface area contributed by atoms with Gasteiger partial charge in [-0.2, -0.15) is 5.10 Å². The maximum absolute atomic E-state index is 12.9. The molecule has 29 heavy (non-hydrogen) atoms. The van der Waals surface area contributed by atoms with E-state index in [0.29, 0.717) is 41.5 Å². The third-order valence-electron chi connectivity index (χ3n) is 5.27. The van der Waals surface area contributed by atoms with E-state index < -0.39 is 0 Å². The molecule has 3 aromatic rings. The van der Waals surface area contributed by atoms with Crippen LogP contribution in [0.3, 0.4) is 0 Å². The second-order valence-electron chi connectivity index (χ2n) is 7.13. The molecule has 0 aliphatic carbocycles. The van der Waals surface area contributed by atoms with Crippen LogP contribution in [-0.4, -0.2) is 38.2 Å². The fourth-order valence-electron chi connectivity index (χ4n) is 3.74. The molecule has 0 radical (unpaired) electrons. The zero-order valence-corrected chi connectivity index (χ0v) is 17.4. The molecular weight excluding hydrogens is 411 g/mol. The fraction of sp³-hybridized carbons (Fsp3) is 0.286. The highest BCUT2D eigenvalue weighted by molar-refractivity contribution is 6.35. The topological polar surface area (TPSA) is 60.1 Å². The molecule has 4 rings (SSSR count). The van der Waals surface area contributed by atoms with E-state index in [-0.39, 0.29) is 17.5 Å². The summed E-state index contributed by atoms with van der Waals surface area (Å²) < 4.78 is 3.03. The normalized spacial score (nSPS) is 14.9. The Morgan fingerprint density at radius 3 is 2.45 bits per heavy atom. The fourth-order valence-corrected chi connectivity index (χ4v) is 4.11. The third-order valence-corrected chi connectivity index (χ3v) is 5.83. The van der Waals surface area contributed by atoms with Gasteiger partial charge < -0.3 is 4.90 Å². The summed E-state index contributed by atoms with van der Waals surface area (Å²) in [6, 6.07) is 14.4. The van der Waals surface area contributed by atoms with Crippen LogP contribution < -0.4 is 5.69 Å². The molecule has 2 aromatic carbocycles. The van der Waals surface area contributed by atoms with Gasteiger partial charge in [0.25, 0.3) is 5.91 Å². The van der Waals surface area contributed by atoms with Crippen LogP contribution in [0.15, 0.2) is 53.3 Å². The van der Waals surface area contributed by atoms with Gasteiger partial charge in [-0.05, 0) is 43.2 Å². The van der Waals surface area contributed by atoms with Crippen LogP contribution in [-0.2, 0) is 7.05 Å². The monoisotopic (exact) mass is 430 g/mol. The number of aromatic nitrogens is 3. The number of amides is 1. The minimum atomic E-state index is -0.171. The van der Waals surface area contributed by atoms with Gasteiger partial charge in [0.05, 0.1) is 16.3 Å². The van der Waals surface area contributed by atoms with Gasteiger partial charge in [-0.25, -0.2) is 14.0 Å². The molecule has 2 heterocycles. The smallest absolute Gasteiger partial charge is 0.339 e. The number of carbonyl (C=O) groups is 1. The van der Waals surface area contributed by atoms with E-state index in [4.69, 9.17) is 23.2 Å². The lowest BCUT2D eigenvalue weighted by Crippen LogP contribution is -2.38. The second kappa shape index (κ2) is 8.05. The Labute approximate surface area is 178 Å². The lowest BCUT2D eigenvalue weighted by Gasteiger charge is -2.32. The molecular formula is C21H20Cl2N4O2. The van der Waals surface area contributed by atoms with E-state index in [1.807, 2.05) is 30.3 Å². The van der Waals surface area contributed by atoms with Crippen molar-refractivity contribution in [2.75, 3.05) is 13.1 Å². The molecule has 1 saturated heterocycles. The Kier molecular flexibility index (Phi) is 5.48. The lowest BCUT2D eigenvalue weighted by atomic mass is 9.95. The number of likely N-dealkylation sites (tertiary alicyclic amines) is 1. The van der Waals surface area contributed by atoms with Crippen LogP contribution in [0.4, 0.5) is 0 Å². The van der Waals surface area contributed by atoms with Crippen LogP contribution in [0.1, 0.15) is 34.9 Å². The van der Waals surface area contributed by atoms with Gasteiger partial charge >= 0.3 is 5.69 Å². The first-order valence-electron chi connectivity index (χ1n) is 9.41. The van der Waals surface area contributed by atoms with E-state index in [1.165, 1.54) is 4.68 Å². The van der Waals surface area contributed by atoms with Gasteiger partial charge in [0.15, 0.2) is 0 Å². The molecule has 0 bridgehead atoms. The number of piperidine rings is 1. The summed E-state index contributed by atoms with van der Waals surface area (Å²) in [7, 11) is 1.66. The number of rotatable bonds is 3. The summed E-state index contributed by atoms with van der Waals surface area (Å²) in [6.45, 7) is 1.12. The average Bonchev–Trinajstić information content (AvgIpc) is 3.04. The SMILES string of the molecule is Cn1nc(C2CCN(C(=O)c3cc(Cl)ccc3Cl)CC2)n(-c2ccccc2)c1=O. The number of aryl methyl sites for hydroxylation is 1. The van der Waals surface area contributed by atoms with Crippen LogP contribution >= 0.6 is 23.2 Å². The van der Waals surface area contributed by atoms with E-state index in [9.17, 15) is 9.59 Å². The molecule has 0 N–H and O–H groups in total. The van der Waals surface area contributed by atoms with E-state index in [1.54, 1.807) is 34.7 Å². The summed E-state index contributed by atoms with van der Waals surface area (Å²) in [5.41, 5.74) is 1.04. The number of carbonyl (C=O) groups excluding carboxylic acids is 1. The molecule has 1 fully saturated rings. The Morgan fingerprint density at radius 2 is 1.76 bits per heavy atom. The molecule has 1 aromatic heterocycles. The van der Waals surface area contributed by atoms with E-state index >= 15 is 0 Å². The quantitative estimate of drug-likeness (QED) is 0.632. The maximum Gasteiger partial charge on any atom is 0.350 e. The molecule has 1 aliphatic heterocycles. The molecule has 0 spiro atoms. The average molecular weight is 431 g/mol. The number of hydrogen-bond donors (Lipinski definition) is 0. The van der Waals surface area contributed by atoms with Crippen molar-refractivity contribution >= 4 is 29.1 Å². The van der Waals surface area contributed by atoms with Gasteiger partial charge in [0.2, 0.25) is 0 Å². The van der Waals surface area contributed by atoms with Crippen molar-refractivity contribution < 1.29 is 4.79 Å². The molecule has 150 valence electrons. The second-order valence-corrected chi connectivity index (χ2v) is 7.97. The van der Waals surface area contributed by atoms with Gasteiger partial charge in [0.1, 0.15) is 5.82 Å². The molecule has 1 amide bonds. The van der Waals surface area contributed by atoms with Gasteiger partial charge in [-0.15, -0.1) is 0 Å². The summed E-state index contributed by atoms with van der Waals surface area (Å²) in [4.78, 5) is 27.3. The zero-order chi connectivity index (χ0) is 20.5. The predicted molar refractivity (Wildman–Crippen MR) is 113 cm³/mol. The number of para-hydroxylation sites is 1. The highest BCUT2D eigenvalue weighted by Gasteiger charge is 2.29. The van der Waals surface area contributed by atoms with E-state index in [2.05, 4.69) is 5.10 Å². The van der Waals surface area contributed by atoms with Gasteiger partial charge in [0, 0.05) is 31.1 Å². The number of hydrogen-bond acceptors (Lipinski definition) is 3. The van der Waals surface area contributed by atoms with Crippen LogP contribution in [0.25, 0.3) is 5.69 Å². The number of halogens is 2. The van der Waals surface area contributed by atoms with Gasteiger partial charge in [-0.3, -0.25) is 4.79 Å². The van der Waals surface area contributed by atoms with Crippen LogP contribution in [0, 0.1) is 0 Å². The zero-order valence-electron chi connectivity index (χ0n) is 15.9. The van der Waals surface area contributed by atoms with Crippen molar-refractivity contribution in [2.24, 2.45) is 7.05 Å². The molecule has 0 saturated carbocycles. The Bertz CT molecular complexity index is 1100. The molecule has 6 nitrogen and oxygen atoms in total. The summed E-state index contributed by atoms with van der Waals surface area (Å²) in [5.74, 6) is 0.692. The summed E-state index contributed by atoms with van der Waals surface area (Å²) in [5, 5.41) is 5.36. The minimum Gasteiger partial charge on any atom is -0.339 e. The van der Waals surface area contributed by atoms with Crippen molar-refractivity contribution in [2.45, 2.75) is 18.8 Å². The Morgan fingerprint density at radius 1 is 1.07 bits per heavy atom. The third kappa shape index (κ3) is 3.82. The summed E-state index contributed by atoms with van der Waals surface area (Å²) >= 11 is 12.2. The Hall–Kier alpha value is -2.57. The van der Waals surface area contributed by atoms with E-state index in [0.717, 1.165) is 11.5 Å². The van der Waals surface area contributed by atoms with Crippen molar-refractivity contribution in [3.8, 4) is 5.69 Å². The highest BCUT2D eigenvalue weighted by Crippen LogP contribution is 2.29. The predicted octanol–water partition coefficient (Wildman–Crippen LogP) is 3.90. The van der Waals surface area contributed by atoms with Crippen LogP contribution in [0.5, 0.6) is 0 Å². The van der Waals surface area contributed by atoms with Gasteiger partial charge in [-0.1, -0.05) is 41.4 Å². The van der Waals surface area contributed by atoms with Crippen LogP contribution in [0.2, 0.25) is 10.0 Å². The maximum atomic E-state index is 12.9. The van der Waals surface area contributed by atoms with Crippen molar-refractivity contribution in [3.05, 3.63) is 80.4 Å². The Balaban J connectivity index is 1.55. The van der Waals surface area contributed by atoms with Crippen molar-refractivity contribution in [3.63, 3.8) is 0 Å². The number of nitrogens with zero attached hydrogens (tertiary/aromatic N) is 4. The van der Waals surface area contributed by atoms with Crippen molar-refractivity contribution in [1.29, 1.82) is 0 Å². The summed E-state index contributed by atoms with van der Waals surface area (Å²) in [6.07, 6.45) is 1.43. The standard InChI is InChI=1S/C21H20Cl2N4O2/c1-25-21(29)27(16-5-3-2-4-6-16)19(24-25)14-9-11-26(12-10-14)20(28)17-13-15(22)7-8-18(17)23/h2-8,13-14H,9-12H2,1H3. The first-order valence-corrected chi connectivity index (χ1v) is 10.2.